The van der Waals surface area contributed by atoms with Crippen molar-refractivity contribution >= 4 is 17.7 Å². The second kappa shape index (κ2) is 6.32. The molecular weight excluding hydrogens is 264 g/mol. The second-order valence-corrected chi connectivity index (χ2v) is 5.24. The molecule has 0 aromatic heterocycles. The van der Waals surface area contributed by atoms with Crippen molar-refractivity contribution < 1.29 is 24.2 Å². The molecule has 2 aliphatic rings. The number of imide groups is 1. The fourth-order valence-corrected chi connectivity index (χ4v) is 2.59. The lowest BCUT2D eigenvalue weighted by atomic mass is 10.2. The third kappa shape index (κ3) is 3.34. The molecule has 7 heteroatoms. The highest BCUT2D eigenvalue weighted by atomic mass is 16.5. The van der Waals surface area contributed by atoms with Crippen molar-refractivity contribution in [3.8, 4) is 0 Å². The Kier molecular flexibility index (Phi) is 4.72. The smallest absolute Gasteiger partial charge is 0.229 e. The van der Waals surface area contributed by atoms with Crippen molar-refractivity contribution in [3.63, 3.8) is 0 Å². The van der Waals surface area contributed by atoms with Gasteiger partial charge in [0, 0.05) is 38.9 Å². The predicted molar refractivity (Wildman–Crippen MR) is 68.6 cm³/mol. The number of rotatable bonds is 4. The van der Waals surface area contributed by atoms with Crippen molar-refractivity contribution in [1.82, 2.24) is 9.80 Å². The number of hydrogen-bond donors (Lipinski definition) is 1. The van der Waals surface area contributed by atoms with Gasteiger partial charge >= 0.3 is 0 Å². The third-order valence-electron chi connectivity index (χ3n) is 3.59. The molecule has 20 heavy (non-hydrogen) atoms. The van der Waals surface area contributed by atoms with Crippen molar-refractivity contribution in [3.05, 3.63) is 0 Å². The van der Waals surface area contributed by atoms with Crippen LogP contribution in [0.3, 0.4) is 0 Å². The van der Waals surface area contributed by atoms with Crippen LogP contribution in [-0.4, -0.2) is 71.1 Å². The first-order chi connectivity index (χ1) is 9.51. The van der Waals surface area contributed by atoms with Crippen LogP contribution in [0.15, 0.2) is 0 Å². The van der Waals surface area contributed by atoms with Gasteiger partial charge in [-0.25, -0.2) is 0 Å². The van der Waals surface area contributed by atoms with Crippen LogP contribution in [0.4, 0.5) is 0 Å². The van der Waals surface area contributed by atoms with Gasteiger partial charge in [0.1, 0.15) is 0 Å². The molecule has 3 amide bonds. The van der Waals surface area contributed by atoms with Crippen LogP contribution in [-0.2, 0) is 19.1 Å². The summed E-state index contributed by atoms with van der Waals surface area (Å²) in [5.74, 6) is -0.524. The van der Waals surface area contributed by atoms with E-state index in [4.69, 9.17) is 9.84 Å². The standard InChI is InChI=1S/C13H20N2O5/c1-9-6-14(7-10(8-16)20-9)11(17)4-5-15-12(18)2-3-13(15)19/h9-10,16H,2-8H2,1H3. The van der Waals surface area contributed by atoms with Gasteiger partial charge in [-0.1, -0.05) is 0 Å². The maximum absolute atomic E-state index is 12.1. The summed E-state index contributed by atoms with van der Waals surface area (Å²) < 4.78 is 5.47. The monoisotopic (exact) mass is 284 g/mol. The molecule has 0 radical (unpaired) electrons. The molecule has 2 heterocycles. The fraction of sp³-hybridized carbons (Fsp3) is 0.769. The van der Waals surface area contributed by atoms with E-state index in [0.29, 0.717) is 13.1 Å². The molecular formula is C13H20N2O5. The molecule has 0 aromatic carbocycles. The Hall–Kier alpha value is -1.47. The predicted octanol–water partition coefficient (Wildman–Crippen LogP) is -0.866. The summed E-state index contributed by atoms with van der Waals surface area (Å²) in [6.07, 6.45) is 0.128. The number of carbonyl (C=O) groups excluding carboxylic acids is 3. The first kappa shape index (κ1) is 14.9. The van der Waals surface area contributed by atoms with E-state index in [0.717, 1.165) is 4.90 Å². The number of nitrogens with zero attached hydrogens (tertiary/aromatic N) is 2. The Balaban J connectivity index is 1.85. The zero-order chi connectivity index (χ0) is 14.7. The van der Waals surface area contributed by atoms with Gasteiger partial charge in [0.15, 0.2) is 0 Å². The second-order valence-electron chi connectivity index (χ2n) is 5.24. The molecule has 2 unspecified atom stereocenters. The topological polar surface area (TPSA) is 87.2 Å². The van der Waals surface area contributed by atoms with Crippen molar-refractivity contribution in [2.45, 2.75) is 38.4 Å². The SMILES string of the molecule is CC1CN(C(=O)CCN2C(=O)CCC2=O)CC(CO)O1. The number of aliphatic hydroxyl groups excluding tert-OH is 1. The van der Waals surface area contributed by atoms with E-state index in [1.807, 2.05) is 6.92 Å². The van der Waals surface area contributed by atoms with Gasteiger partial charge in [-0.05, 0) is 6.92 Å². The molecule has 0 spiro atoms. The minimum absolute atomic E-state index is 0.119. The summed E-state index contributed by atoms with van der Waals surface area (Å²) in [5, 5.41) is 9.12. The van der Waals surface area contributed by atoms with E-state index in [1.165, 1.54) is 0 Å². The van der Waals surface area contributed by atoms with Gasteiger partial charge in [0.05, 0.1) is 18.8 Å². The Labute approximate surface area is 117 Å². The van der Waals surface area contributed by atoms with Crippen LogP contribution in [0.25, 0.3) is 0 Å². The number of amides is 3. The van der Waals surface area contributed by atoms with Gasteiger partial charge < -0.3 is 14.7 Å². The molecule has 0 aliphatic carbocycles. The molecule has 2 saturated heterocycles. The van der Waals surface area contributed by atoms with Crippen molar-refractivity contribution in [1.29, 1.82) is 0 Å². The highest BCUT2D eigenvalue weighted by Crippen LogP contribution is 2.15. The number of hydrogen-bond acceptors (Lipinski definition) is 5. The summed E-state index contributed by atoms with van der Waals surface area (Å²) >= 11 is 0. The zero-order valence-electron chi connectivity index (χ0n) is 11.6. The summed E-state index contributed by atoms with van der Waals surface area (Å²) in [7, 11) is 0. The number of aliphatic hydroxyl groups is 1. The Morgan fingerprint density at radius 3 is 2.55 bits per heavy atom. The first-order valence-electron chi connectivity index (χ1n) is 6.88. The van der Waals surface area contributed by atoms with Crippen LogP contribution >= 0.6 is 0 Å². The van der Waals surface area contributed by atoms with E-state index >= 15 is 0 Å². The van der Waals surface area contributed by atoms with E-state index in [9.17, 15) is 14.4 Å². The minimum Gasteiger partial charge on any atom is -0.394 e. The first-order valence-corrected chi connectivity index (χ1v) is 6.88. The molecule has 2 atom stereocenters. The number of ether oxygens (including phenoxy) is 1. The number of carbonyl (C=O) groups is 3. The summed E-state index contributed by atoms with van der Waals surface area (Å²) in [6, 6.07) is 0. The van der Waals surface area contributed by atoms with Crippen LogP contribution < -0.4 is 0 Å². The van der Waals surface area contributed by atoms with Crippen LogP contribution in [0.1, 0.15) is 26.2 Å². The highest BCUT2D eigenvalue weighted by molar-refractivity contribution is 6.02. The fourth-order valence-electron chi connectivity index (χ4n) is 2.59. The minimum atomic E-state index is -0.363. The number of likely N-dealkylation sites (tertiary alicyclic amines) is 1. The third-order valence-corrected chi connectivity index (χ3v) is 3.59. The van der Waals surface area contributed by atoms with Crippen LogP contribution in [0, 0.1) is 0 Å². The van der Waals surface area contributed by atoms with Crippen LogP contribution in [0.5, 0.6) is 0 Å². The van der Waals surface area contributed by atoms with E-state index in [1.54, 1.807) is 4.90 Å². The van der Waals surface area contributed by atoms with E-state index in [2.05, 4.69) is 0 Å². The molecule has 0 aromatic rings. The lowest BCUT2D eigenvalue weighted by Gasteiger charge is -2.36. The number of morpholine rings is 1. The summed E-state index contributed by atoms with van der Waals surface area (Å²) in [5.41, 5.74) is 0. The average Bonchev–Trinajstić information content (AvgIpc) is 2.74. The highest BCUT2D eigenvalue weighted by Gasteiger charge is 2.31. The van der Waals surface area contributed by atoms with Crippen LogP contribution in [0.2, 0.25) is 0 Å². The maximum Gasteiger partial charge on any atom is 0.229 e. The summed E-state index contributed by atoms with van der Waals surface area (Å²) in [6.45, 7) is 2.68. The molecule has 0 bridgehead atoms. The molecule has 7 nitrogen and oxygen atoms in total. The molecule has 112 valence electrons. The molecule has 2 fully saturated rings. The van der Waals surface area contributed by atoms with Crippen molar-refractivity contribution in [2.24, 2.45) is 0 Å². The largest absolute Gasteiger partial charge is 0.394 e. The normalized spacial score (nSPS) is 27.3. The Bertz CT molecular complexity index is 396. The lowest BCUT2D eigenvalue weighted by Crippen LogP contribution is -2.50. The van der Waals surface area contributed by atoms with E-state index < -0.39 is 0 Å². The molecule has 1 N–H and O–H groups in total. The quantitative estimate of drug-likeness (QED) is 0.678. The van der Waals surface area contributed by atoms with E-state index in [-0.39, 0.29) is 62.3 Å². The van der Waals surface area contributed by atoms with Gasteiger partial charge in [0.2, 0.25) is 17.7 Å². The van der Waals surface area contributed by atoms with Gasteiger partial charge in [0.25, 0.3) is 0 Å². The van der Waals surface area contributed by atoms with Gasteiger partial charge in [-0.2, -0.15) is 0 Å². The van der Waals surface area contributed by atoms with Crippen molar-refractivity contribution in [2.75, 3.05) is 26.2 Å². The maximum atomic E-state index is 12.1. The summed E-state index contributed by atoms with van der Waals surface area (Å²) in [4.78, 5) is 37.8. The Morgan fingerprint density at radius 1 is 1.30 bits per heavy atom. The lowest BCUT2D eigenvalue weighted by molar-refractivity contribution is -0.148. The average molecular weight is 284 g/mol. The molecule has 0 saturated carbocycles. The molecule has 2 rings (SSSR count). The van der Waals surface area contributed by atoms with Gasteiger partial charge in [-0.3, -0.25) is 19.3 Å². The Morgan fingerprint density at radius 2 is 1.95 bits per heavy atom. The zero-order valence-corrected chi connectivity index (χ0v) is 11.6. The van der Waals surface area contributed by atoms with Gasteiger partial charge in [-0.15, -0.1) is 0 Å². The molecule has 2 aliphatic heterocycles.